The van der Waals surface area contributed by atoms with Crippen LogP contribution in [0.3, 0.4) is 0 Å². The van der Waals surface area contributed by atoms with Crippen LogP contribution in [-0.4, -0.2) is 27.6 Å². The lowest BCUT2D eigenvalue weighted by Gasteiger charge is -2.32. The summed E-state index contributed by atoms with van der Waals surface area (Å²) in [5.41, 5.74) is 0. The van der Waals surface area contributed by atoms with Crippen molar-refractivity contribution < 1.29 is 37.6 Å². The number of benzene rings is 6. The van der Waals surface area contributed by atoms with Crippen LogP contribution in [0.25, 0.3) is 0 Å². The van der Waals surface area contributed by atoms with Crippen LogP contribution in [-0.2, 0) is 0 Å². The van der Waals surface area contributed by atoms with Gasteiger partial charge in [-0.1, -0.05) is 91.0 Å². The molecule has 0 aliphatic carbocycles. The fourth-order valence-electron chi connectivity index (χ4n) is 5.77. The van der Waals surface area contributed by atoms with Crippen molar-refractivity contribution in [3.05, 3.63) is 170 Å². The summed E-state index contributed by atoms with van der Waals surface area (Å²) in [6.45, 7) is 1.85. The summed E-state index contributed by atoms with van der Waals surface area (Å²) in [5.74, 6) is -0.0233. The summed E-state index contributed by atoms with van der Waals surface area (Å²) in [7, 11) is -10.9. The minimum atomic E-state index is -3.93. The molecule has 2 aliphatic heterocycles. The van der Waals surface area contributed by atoms with E-state index in [0.717, 1.165) is 0 Å². The van der Waals surface area contributed by atoms with Gasteiger partial charge in [0.2, 0.25) is 7.28 Å². The normalized spacial score (nSPS) is 23.6. The van der Waals surface area contributed by atoms with Gasteiger partial charge in [0.05, 0.1) is 0 Å². The third kappa shape index (κ3) is 7.71. The molecule has 5 atom stereocenters. The highest BCUT2D eigenvalue weighted by atomic mass is 31.2. The first-order chi connectivity index (χ1) is 26.3. The highest BCUT2D eigenvalue weighted by Crippen LogP contribution is 2.83. The van der Waals surface area contributed by atoms with Crippen molar-refractivity contribution in [1.82, 2.24) is 0 Å². The maximum atomic E-state index is 10.6. The van der Waals surface area contributed by atoms with Crippen LogP contribution in [0.4, 0.5) is 0 Å². The minimum absolute atomic E-state index is 0.0847. The Kier molecular flexibility index (Phi) is 9.87. The Labute approximate surface area is 313 Å². The van der Waals surface area contributed by atoms with Gasteiger partial charge in [0.25, 0.3) is 0 Å². The maximum Gasteiger partial charge on any atom is 0.449 e. The van der Waals surface area contributed by atoms with Crippen molar-refractivity contribution in [3.8, 4) is 46.0 Å². The number of ether oxygens (including phenoxy) is 1. The molecule has 14 heteroatoms. The van der Waals surface area contributed by atoms with E-state index in [9.17, 15) is 10.2 Å². The van der Waals surface area contributed by atoms with Gasteiger partial charge in [0.1, 0.15) is 46.0 Å². The molecule has 0 aromatic heterocycles. The van der Waals surface area contributed by atoms with E-state index in [2.05, 4.69) is 0 Å². The summed E-state index contributed by atoms with van der Waals surface area (Å²) in [5, 5.41) is 21.1. The van der Waals surface area contributed by atoms with E-state index < -0.39 is 39.9 Å². The fourth-order valence-corrected chi connectivity index (χ4v) is 15.8. The second-order valence-corrected chi connectivity index (χ2v) is 19.6. The molecule has 1 fully saturated rings. The molecule has 54 heavy (non-hydrogen) atoms. The third-order valence-corrected chi connectivity index (χ3v) is 17.1. The predicted octanol–water partition coefficient (Wildman–Crippen LogP) is 12.0. The van der Waals surface area contributed by atoms with Crippen molar-refractivity contribution in [2.45, 2.75) is 24.3 Å². The molecular formula is C40H36N3O8P3. The van der Waals surface area contributed by atoms with Crippen LogP contribution >= 0.6 is 22.4 Å². The summed E-state index contributed by atoms with van der Waals surface area (Å²) in [6.07, 6.45) is 0. The van der Waals surface area contributed by atoms with E-state index >= 15 is 0 Å². The zero-order valence-electron chi connectivity index (χ0n) is 28.9. The smallest absolute Gasteiger partial charge is 0.449 e. The summed E-state index contributed by atoms with van der Waals surface area (Å²) < 4.78 is 57.4. The van der Waals surface area contributed by atoms with Gasteiger partial charge in [-0.05, 0) is 67.6 Å². The van der Waals surface area contributed by atoms with E-state index in [4.69, 9.17) is 41.4 Å². The largest absolute Gasteiger partial charge is 0.508 e. The van der Waals surface area contributed by atoms with Gasteiger partial charge in [-0.3, -0.25) is 0 Å². The lowest BCUT2D eigenvalue weighted by atomic mass is 10.3. The van der Waals surface area contributed by atoms with E-state index in [1.165, 1.54) is 18.2 Å². The highest BCUT2D eigenvalue weighted by Gasteiger charge is 2.68. The van der Waals surface area contributed by atoms with Crippen molar-refractivity contribution in [2.24, 2.45) is 14.0 Å². The Morgan fingerprint density at radius 3 is 1.35 bits per heavy atom. The Morgan fingerprint density at radius 1 is 0.463 bits per heavy atom. The number of aromatic hydroxyl groups is 2. The maximum absolute atomic E-state index is 10.6. The van der Waals surface area contributed by atoms with Crippen LogP contribution in [0.15, 0.2) is 184 Å². The van der Waals surface area contributed by atoms with Gasteiger partial charge < -0.3 is 37.6 Å². The molecule has 0 radical (unpaired) electrons. The Morgan fingerprint density at radius 2 is 0.870 bits per heavy atom. The highest BCUT2D eigenvalue weighted by molar-refractivity contribution is 7.74. The molecule has 2 heterocycles. The monoisotopic (exact) mass is 779 g/mol. The van der Waals surface area contributed by atoms with E-state index in [1.807, 2.05) is 122 Å². The SMILES string of the molecule is CC1N=[P@@]2(Oc3ccccc3)C(N=P(Oc3ccccc3)(Oc3ccccc3)N=P1(Oc1ccccc1)Oc1cc(O)cc(O)c1)C2Oc1ccccc1. The predicted molar refractivity (Wildman–Crippen MR) is 211 cm³/mol. The molecule has 6 aromatic rings. The fraction of sp³-hybridized carbons (Fsp3) is 0.100. The molecule has 0 spiro atoms. The Hall–Kier alpha value is -5.59. The molecule has 274 valence electrons. The van der Waals surface area contributed by atoms with Crippen molar-refractivity contribution >= 4 is 22.4 Å². The van der Waals surface area contributed by atoms with Gasteiger partial charge >= 0.3 is 15.2 Å². The second kappa shape index (κ2) is 15.0. The van der Waals surface area contributed by atoms with Crippen molar-refractivity contribution in [3.63, 3.8) is 0 Å². The van der Waals surface area contributed by atoms with Crippen LogP contribution in [0.1, 0.15) is 6.92 Å². The van der Waals surface area contributed by atoms with Gasteiger partial charge in [0.15, 0.2) is 17.4 Å². The molecule has 0 saturated carbocycles. The molecule has 2 aliphatic rings. The number of fused-ring (bicyclic) bond motifs is 1. The van der Waals surface area contributed by atoms with Gasteiger partial charge in [-0.2, -0.15) is 4.74 Å². The molecule has 2 N–H and O–H groups in total. The zero-order chi connectivity index (χ0) is 37.0. The molecule has 0 bridgehead atoms. The molecular weight excluding hydrogens is 743 g/mol. The minimum Gasteiger partial charge on any atom is -0.508 e. The number of hydrogen-bond donors (Lipinski definition) is 2. The number of hydrogen-bond acceptors (Lipinski definition) is 11. The summed E-state index contributed by atoms with van der Waals surface area (Å²) >= 11 is 0. The molecule has 11 nitrogen and oxygen atoms in total. The van der Waals surface area contributed by atoms with Crippen molar-refractivity contribution in [1.29, 1.82) is 0 Å². The average molecular weight is 780 g/mol. The topological polar surface area (TPSA) is 133 Å². The number of phenolic OH excluding ortho intramolecular Hbond substituents is 2. The summed E-state index contributed by atoms with van der Waals surface area (Å²) in [4.78, 5) is 0. The molecule has 8 rings (SSSR count). The Balaban J connectivity index is 1.43. The molecule has 4 unspecified atom stereocenters. The number of phenols is 2. The molecule has 1 saturated heterocycles. The van der Waals surface area contributed by atoms with E-state index in [1.54, 1.807) is 36.4 Å². The first-order valence-corrected chi connectivity index (χ1v) is 22.1. The summed E-state index contributed by atoms with van der Waals surface area (Å²) in [6, 6.07) is 50.3. The first kappa shape index (κ1) is 35.4. The van der Waals surface area contributed by atoms with Gasteiger partial charge in [0, 0.05) is 18.2 Å². The molecule has 6 aromatic carbocycles. The average Bonchev–Trinajstić information content (AvgIpc) is 3.72. The van der Waals surface area contributed by atoms with Crippen LogP contribution in [0, 0.1) is 0 Å². The number of para-hydroxylation sites is 5. The van der Waals surface area contributed by atoms with Crippen LogP contribution in [0.5, 0.6) is 46.0 Å². The number of rotatable bonds is 12. The van der Waals surface area contributed by atoms with Gasteiger partial charge in [-0.25, -0.2) is 4.74 Å². The van der Waals surface area contributed by atoms with E-state index in [-0.39, 0.29) is 17.2 Å². The van der Waals surface area contributed by atoms with Gasteiger partial charge in [-0.15, -0.1) is 4.52 Å². The zero-order valence-corrected chi connectivity index (χ0v) is 31.6. The first-order valence-electron chi connectivity index (χ1n) is 17.1. The van der Waals surface area contributed by atoms with Crippen molar-refractivity contribution in [2.75, 3.05) is 0 Å². The quantitative estimate of drug-likeness (QED) is 0.117. The standard InChI is InChI=1S/C40H36N3O8P3/c1-30-41-52(47-34-19-9-3-10-20-34)39(40(52)46-33-17-7-2-8-18-33)42-54(50-36-23-13-5-14-24-36,51-37-25-15-6-16-26-37)43-53(30,48-35-21-11-4-12-22-35)49-38-28-31(44)27-32(45)29-38/h2-30,39-40,44-45H,1H3/t30?,39?,40?,52-,53?/m1/s1. The second-order valence-electron chi connectivity index (χ2n) is 12.3. The van der Waals surface area contributed by atoms with Crippen LogP contribution < -0.4 is 27.4 Å². The van der Waals surface area contributed by atoms with Crippen LogP contribution in [0.2, 0.25) is 0 Å². The third-order valence-electron chi connectivity index (χ3n) is 8.25. The Bertz CT molecular complexity index is 2320. The van der Waals surface area contributed by atoms with E-state index in [0.29, 0.717) is 28.7 Å². The molecule has 0 amide bonds. The number of nitrogens with zero attached hydrogens (tertiary/aromatic N) is 3. The lowest BCUT2D eigenvalue weighted by molar-refractivity contribution is 0.311. The lowest BCUT2D eigenvalue weighted by Crippen LogP contribution is -2.15.